The molecule has 7 nitrogen and oxygen atoms in total. The van der Waals surface area contributed by atoms with E-state index in [0.29, 0.717) is 5.82 Å². The topological polar surface area (TPSA) is 104 Å². The molecule has 1 aromatic heterocycles. The van der Waals surface area contributed by atoms with Crippen molar-refractivity contribution in [1.82, 2.24) is 15.3 Å². The molecule has 0 atom stereocenters. The SMILES string of the molecule is CC.Nc1ncc(N2CCNCC2)nc1C(=O)O. The lowest BCUT2D eigenvalue weighted by Crippen LogP contribution is -2.44. The first-order valence-electron chi connectivity index (χ1n) is 6.00. The maximum atomic E-state index is 10.8. The van der Waals surface area contributed by atoms with Crippen LogP contribution in [0.2, 0.25) is 0 Å². The number of nitrogens with one attached hydrogen (secondary N) is 1. The molecule has 0 radical (unpaired) electrons. The predicted molar refractivity (Wildman–Crippen MR) is 69.8 cm³/mol. The summed E-state index contributed by atoms with van der Waals surface area (Å²) in [6.07, 6.45) is 1.51. The molecule has 1 aliphatic heterocycles. The molecule has 2 rings (SSSR count). The lowest BCUT2D eigenvalue weighted by molar-refractivity contribution is 0.0691. The number of piperazine rings is 1. The number of hydrogen-bond acceptors (Lipinski definition) is 6. The van der Waals surface area contributed by atoms with Crippen molar-refractivity contribution in [2.75, 3.05) is 36.8 Å². The molecule has 7 heteroatoms. The van der Waals surface area contributed by atoms with Crippen molar-refractivity contribution in [1.29, 1.82) is 0 Å². The number of nitrogens with zero attached hydrogens (tertiary/aromatic N) is 3. The van der Waals surface area contributed by atoms with Crippen molar-refractivity contribution in [2.24, 2.45) is 0 Å². The van der Waals surface area contributed by atoms with Gasteiger partial charge in [-0.25, -0.2) is 14.8 Å². The van der Waals surface area contributed by atoms with Gasteiger partial charge in [-0.15, -0.1) is 0 Å². The Hall–Kier alpha value is -1.89. The summed E-state index contributed by atoms with van der Waals surface area (Å²) in [6, 6.07) is 0. The third kappa shape index (κ3) is 3.30. The Labute approximate surface area is 106 Å². The van der Waals surface area contributed by atoms with Crippen LogP contribution in [0, 0.1) is 0 Å². The second-order valence-electron chi connectivity index (χ2n) is 3.50. The van der Waals surface area contributed by atoms with E-state index in [-0.39, 0.29) is 11.5 Å². The molecule has 0 aliphatic carbocycles. The Kier molecular flexibility index (Phi) is 5.31. The molecule has 1 aliphatic rings. The van der Waals surface area contributed by atoms with Crippen LogP contribution in [0.5, 0.6) is 0 Å². The zero-order valence-electron chi connectivity index (χ0n) is 10.7. The highest BCUT2D eigenvalue weighted by molar-refractivity contribution is 5.90. The largest absolute Gasteiger partial charge is 0.476 e. The smallest absolute Gasteiger partial charge is 0.358 e. The molecule has 1 fully saturated rings. The van der Waals surface area contributed by atoms with Gasteiger partial charge in [-0.2, -0.15) is 0 Å². The quantitative estimate of drug-likeness (QED) is 0.691. The van der Waals surface area contributed by atoms with Crippen molar-refractivity contribution in [2.45, 2.75) is 13.8 Å². The molecule has 18 heavy (non-hydrogen) atoms. The van der Waals surface area contributed by atoms with Gasteiger partial charge in [0, 0.05) is 26.2 Å². The van der Waals surface area contributed by atoms with Gasteiger partial charge in [0.05, 0.1) is 6.20 Å². The zero-order chi connectivity index (χ0) is 13.5. The summed E-state index contributed by atoms with van der Waals surface area (Å²) in [7, 11) is 0. The van der Waals surface area contributed by atoms with Gasteiger partial charge in [-0.1, -0.05) is 13.8 Å². The van der Waals surface area contributed by atoms with Crippen LogP contribution in [0.1, 0.15) is 24.3 Å². The van der Waals surface area contributed by atoms with Gasteiger partial charge in [-0.3, -0.25) is 0 Å². The Bertz CT molecular complexity index is 404. The first kappa shape index (κ1) is 14.2. The molecule has 0 unspecified atom stereocenters. The maximum absolute atomic E-state index is 10.8. The second kappa shape index (κ2) is 6.75. The number of nitrogens with two attached hydrogens (primary N) is 1. The molecule has 0 amide bonds. The fraction of sp³-hybridized carbons (Fsp3) is 0.545. The van der Waals surface area contributed by atoms with Crippen LogP contribution in [-0.4, -0.2) is 47.2 Å². The summed E-state index contributed by atoms with van der Waals surface area (Å²) in [4.78, 5) is 20.7. The summed E-state index contributed by atoms with van der Waals surface area (Å²) in [5, 5.41) is 12.1. The first-order chi connectivity index (χ1) is 8.68. The zero-order valence-corrected chi connectivity index (χ0v) is 10.7. The molecule has 2 heterocycles. The lowest BCUT2D eigenvalue weighted by Gasteiger charge is -2.28. The summed E-state index contributed by atoms with van der Waals surface area (Å²) in [5.74, 6) is -0.638. The average Bonchev–Trinajstić information content (AvgIpc) is 2.42. The normalized spacial score (nSPS) is 14.7. The number of carboxylic acid groups (broad SMARTS) is 1. The van der Waals surface area contributed by atoms with Gasteiger partial charge >= 0.3 is 5.97 Å². The number of nitrogen functional groups attached to an aromatic ring is 1. The van der Waals surface area contributed by atoms with E-state index in [4.69, 9.17) is 10.8 Å². The van der Waals surface area contributed by atoms with E-state index in [0.717, 1.165) is 26.2 Å². The van der Waals surface area contributed by atoms with Crippen LogP contribution in [0.15, 0.2) is 6.20 Å². The predicted octanol–water partition coefficient (Wildman–Crippen LogP) is 0.193. The summed E-state index contributed by atoms with van der Waals surface area (Å²) < 4.78 is 0. The molecule has 4 N–H and O–H groups in total. The van der Waals surface area contributed by atoms with Crippen molar-refractivity contribution in [3.8, 4) is 0 Å². The summed E-state index contributed by atoms with van der Waals surface area (Å²) in [5.41, 5.74) is 5.25. The van der Waals surface area contributed by atoms with Crippen LogP contribution < -0.4 is 16.0 Å². The van der Waals surface area contributed by atoms with Gasteiger partial charge < -0.3 is 21.1 Å². The number of hydrogen-bond donors (Lipinski definition) is 3. The fourth-order valence-corrected chi connectivity index (χ4v) is 1.59. The highest BCUT2D eigenvalue weighted by Crippen LogP contribution is 2.14. The van der Waals surface area contributed by atoms with Crippen molar-refractivity contribution >= 4 is 17.6 Å². The molecule has 0 spiro atoms. The highest BCUT2D eigenvalue weighted by Gasteiger charge is 2.17. The molecule has 100 valence electrons. The minimum atomic E-state index is -1.15. The van der Waals surface area contributed by atoms with E-state index in [1.54, 1.807) is 0 Å². The maximum Gasteiger partial charge on any atom is 0.358 e. The van der Waals surface area contributed by atoms with Gasteiger partial charge in [0.15, 0.2) is 11.5 Å². The summed E-state index contributed by atoms with van der Waals surface area (Å²) in [6.45, 7) is 7.29. The number of anilines is 2. The lowest BCUT2D eigenvalue weighted by atomic mass is 10.3. The number of carbonyl (C=O) groups is 1. The standard InChI is InChI=1S/C9H13N5O2.C2H6/c10-8-7(9(15)16)13-6(5-12-8)14-3-1-11-2-4-14;1-2/h5,11H,1-4H2,(H2,10,12)(H,15,16);1-2H3. The number of carboxylic acids is 1. The van der Waals surface area contributed by atoms with Gasteiger partial charge in [0.25, 0.3) is 0 Å². The van der Waals surface area contributed by atoms with E-state index in [2.05, 4.69) is 15.3 Å². The molecule has 1 saturated heterocycles. The minimum Gasteiger partial charge on any atom is -0.476 e. The van der Waals surface area contributed by atoms with Crippen molar-refractivity contribution in [3.63, 3.8) is 0 Å². The number of rotatable bonds is 2. The molecular formula is C11H19N5O2. The third-order valence-electron chi connectivity index (χ3n) is 2.43. The Morgan fingerprint density at radius 1 is 1.44 bits per heavy atom. The molecular weight excluding hydrogens is 234 g/mol. The molecule has 0 bridgehead atoms. The van der Waals surface area contributed by atoms with Gasteiger partial charge in [-0.05, 0) is 0 Å². The van der Waals surface area contributed by atoms with Crippen LogP contribution >= 0.6 is 0 Å². The van der Waals surface area contributed by atoms with Crippen LogP contribution in [-0.2, 0) is 0 Å². The highest BCUT2D eigenvalue weighted by atomic mass is 16.4. The van der Waals surface area contributed by atoms with Crippen molar-refractivity contribution in [3.05, 3.63) is 11.9 Å². The minimum absolute atomic E-state index is 0.0496. The van der Waals surface area contributed by atoms with Crippen LogP contribution in [0.4, 0.5) is 11.6 Å². The van der Waals surface area contributed by atoms with E-state index < -0.39 is 5.97 Å². The Balaban J connectivity index is 0.000000771. The van der Waals surface area contributed by atoms with E-state index in [9.17, 15) is 4.79 Å². The van der Waals surface area contributed by atoms with Crippen LogP contribution in [0.3, 0.4) is 0 Å². The van der Waals surface area contributed by atoms with Gasteiger partial charge in [0.2, 0.25) is 0 Å². The molecule has 0 saturated carbocycles. The Morgan fingerprint density at radius 3 is 2.61 bits per heavy atom. The van der Waals surface area contributed by atoms with Crippen molar-refractivity contribution < 1.29 is 9.90 Å². The number of aromatic nitrogens is 2. The summed E-state index contributed by atoms with van der Waals surface area (Å²) >= 11 is 0. The van der Waals surface area contributed by atoms with Gasteiger partial charge in [0.1, 0.15) is 5.82 Å². The number of aromatic carboxylic acids is 1. The molecule has 0 aromatic carbocycles. The van der Waals surface area contributed by atoms with E-state index in [1.807, 2.05) is 18.7 Å². The third-order valence-corrected chi connectivity index (χ3v) is 2.43. The average molecular weight is 253 g/mol. The molecule has 1 aromatic rings. The monoisotopic (exact) mass is 253 g/mol. The van der Waals surface area contributed by atoms with E-state index >= 15 is 0 Å². The van der Waals surface area contributed by atoms with Crippen LogP contribution in [0.25, 0.3) is 0 Å². The fourth-order valence-electron chi connectivity index (χ4n) is 1.59. The second-order valence-corrected chi connectivity index (χ2v) is 3.50. The first-order valence-corrected chi connectivity index (χ1v) is 6.00. The Morgan fingerprint density at radius 2 is 2.06 bits per heavy atom. The van der Waals surface area contributed by atoms with E-state index in [1.165, 1.54) is 6.20 Å².